The van der Waals surface area contributed by atoms with Crippen LogP contribution in [0.25, 0.3) is 10.2 Å². The summed E-state index contributed by atoms with van der Waals surface area (Å²) in [5, 5.41) is 0.815. The number of hydrogen-bond donors (Lipinski definition) is 0. The highest BCUT2D eigenvalue weighted by molar-refractivity contribution is 7.22. The van der Waals surface area contributed by atoms with Gasteiger partial charge in [-0.1, -0.05) is 29.5 Å². The molecule has 1 aromatic heterocycles. The number of ether oxygens (including phenoxy) is 2. The van der Waals surface area contributed by atoms with Gasteiger partial charge in [0.15, 0.2) is 5.13 Å². The van der Waals surface area contributed by atoms with Gasteiger partial charge in [-0.25, -0.2) is 4.98 Å². The van der Waals surface area contributed by atoms with Gasteiger partial charge in [-0.15, -0.1) is 0 Å². The maximum absolute atomic E-state index is 12.9. The first-order valence-electron chi connectivity index (χ1n) is 9.91. The average molecular weight is 427 g/mol. The molecule has 1 aliphatic heterocycles. The Hall–Kier alpha value is -3.00. The number of piperazine rings is 1. The Bertz CT molecular complexity index is 1030. The van der Waals surface area contributed by atoms with Gasteiger partial charge in [0, 0.05) is 33.2 Å². The maximum atomic E-state index is 12.9. The summed E-state index contributed by atoms with van der Waals surface area (Å²) in [6.07, 6.45) is 0. The van der Waals surface area contributed by atoms with Crippen molar-refractivity contribution in [3.8, 4) is 11.5 Å². The lowest BCUT2D eigenvalue weighted by Gasteiger charge is -2.37. The molecule has 1 amide bonds. The third kappa shape index (κ3) is 4.00. The zero-order valence-corrected chi connectivity index (χ0v) is 18.3. The predicted molar refractivity (Wildman–Crippen MR) is 121 cm³/mol. The van der Waals surface area contributed by atoms with Crippen LogP contribution < -0.4 is 19.3 Å². The maximum Gasteiger partial charge on any atom is 0.242 e. The van der Waals surface area contributed by atoms with E-state index in [2.05, 4.69) is 16.0 Å². The molecule has 2 aromatic carbocycles. The number of rotatable bonds is 6. The lowest BCUT2D eigenvalue weighted by atomic mass is 10.2. The van der Waals surface area contributed by atoms with Crippen LogP contribution in [-0.4, -0.2) is 69.8 Å². The molecular formula is C22H26N4O3S. The van der Waals surface area contributed by atoms with Crippen molar-refractivity contribution in [2.45, 2.75) is 0 Å². The molecule has 4 rings (SSSR count). The lowest BCUT2D eigenvalue weighted by molar-refractivity contribution is -0.129. The van der Waals surface area contributed by atoms with Crippen LogP contribution in [0.3, 0.4) is 0 Å². The molecule has 158 valence electrons. The first kappa shape index (κ1) is 20.3. The highest BCUT2D eigenvalue weighted by Gasteiger charge is 2.24. The standard InChI is InChI=1S/C22H26N4O3S/c1-24(22-23-21-18(29-3)9-6-10-19(21)30-22)15-20(27)26-13-11-25(12-14-26)16-7-4-5-8-17(16)28-2/h4-10H,11-15H2,1-3H3. The van der Waals surface area contributed by atoms with E-state index in [9.17, 15) is 4.79 Å². The van der Waals surface area contributed by atoms with Crippen LogP contribution in [0.15, 0.2) is 42.5 Å². The summed E-state index contributed by atoms with van der Waals surface area (Å²) in [7, 11) is 5.24. The molecule has 0 spiro atoms. The Morgan fingerprint density at radius 1 is 1.03 bits per heavy atom. The summed E-state index contributed by atoms with van der Waals surface area (Å²) in [5.74, 6) is 1.73. The van der Waals surface area contributed by atoms with Crippen LogP contribution in [-0.2, 0) is 4.79 Å². The van der Waals surface area contributed by atoms with Crippen molar-refractivity contribution < 1.29 is 14.3 Å². The number of nitrogens with zero attached hydrogens (tertiary/aromatic N) is 4. The summed E-state index contributed by atoms with van der Waals surface area (Å²) < 4.78 is 11.9. The monoisotopic (exact) mass is 426 g/mol. The number of hydrogen-bond acceptors (Lipinski definition) is 7. The van der Waals surface area contributed by atoms with Gasteiger partial charge >= 0.3 is 0 Å². The predicted octanol–water partition coefficient (Wildman–Crippen LogP) is 3.10. The van der Waals surface area contributed by atoms with E-state index in [4.69, 9.17) is 9.47 Å². The number of carbonyl (C=O) groups excluding carboxylic acids is 1. The summed E-state index contributed by atoms with van der Waals surface area (Å²) in [4.78, 5) is 23.7. The summed E-state index contributed by atoms with van der Waals surface area (Å²) in [5.41, 5.74) is 1.91. The number of fused-ring (bicyclic) bond motifs is 1. The molecule has 3 aromatic rings. The molecular weight excluding hydrogens is 400 g/mol. The highest BCUT2D eigenvalue weighted by Crippen LogP contribution is 2.33. The van der Waals surface area contributed by atoms with Gasteiger partial charge < -0.3 is 24.2 Å². The van der Waals surface area contributed by atoms with E-state index in [1.807, 2.05) is 53.2 Å². The van der Waals surface area contributed by atoms with Gasteiger partial charge in [0.25, 0.3) is 0 Å². The van der Waals surface area contributed by atoms with E-state index in [0.29, 0.717) is 19.6 Å². The molecule has 0 unspecified atom stereocenters. The molecule has 0 bridgehead atoms. The number of likely N-dealkylation sites (N-methyl/N-ethyl adjacent to an activating group) is 1. The second-order valence-electron chi connectivity index (χ2n) is 7.20. The Balaban J connectivity index is 1.38. The van der Waals surface area contributed by atoms with Crippen molar-refractivity contribution in [1.29, 1.82) is 0 Å². The molecule has 7 nitrogen and oxygen atoms in total. The Morgan fingerprint density at radius 2 is 1.73 bits per heavy atom. The van der Waals surface area contributed by atoms with Crippen LogP contribution in [0.2, 0.25) is 0 Å². The number of amides is 1. The van der Waals surface area contributed by atoms with E-state index >= 15 is 0 Å². The van der Waals surface area contributed by atoms with Crippen LogP contribution in [0.5, 0.6) is 11.5 Å². The molecule has 8 heteroatoms. The van der Waals surface area contributed by atoms with E-state index in [1.165, 1.54) is 0 Å². The Labute approximate surface area is 180 Å². The van der Waals surface area contributed by atoms with E-state index in [1.54, 1.807) is 25.6 Å². The van der Waals surface area contributed by atoms with Crippen LogP contribution in [0.1, 0.15) is 0 Å². The molecule has 0 N–H and O–H groups in total. The SMILES string of the molecule is COc1ccccc1N1CCN(C(=O)CN(C)c2nc3c(OC)cccc3s2)CC1. The second-order valence-corrected chi connectivity index (χ2v) is 8.21. The molecule has 1 fully saturated rings. The van der Waals surface area contributed by atoms with Gasteiger partial charge in [-0.3, -0.25) is 4.79 Å². The number of aromatic nitrogens is 1. The topological polar surface area (TPSA) is 58.1 Å². The normalized spacial score (nSPS) is 14.1. The van der Waals surface area contributed by atoms with Crippen molar-refractivity contribution in [2.75, 3.05) is 63.8 Å². The summed E-state index contributed by atoms with van der Waals surface area (Å²) >= 11 is 1.57. The zero-order chi connectivity index (χ0) is 21.1. The van der Waals surface area contributed by atoms with Crippen molar-refractivity contribution >= 4 is 38.3 Å². The fraction of sp³-hybridized carbons (Fsp3) is 0.364. The van der Waals surface area contributed by atoms with Crippen LogP contribution in [0, 0.1) is 0 Å². The molecule has 0 radical (unpaired) electrons. The van der Waals surface area contributed by atoms with Gasteiger partial charge in [0.2, 0.25) is 5.91 Å². The van der Waals surface area contributed by atoms with Gasteiger partial charge in [-0.05, 0) is 24.3 Å². The van der Waals surface area contributed by atoms with Crippen LogP contribution >= 0.6 is 11.3 Å². The molecule has 2 heterocycles. The Morgan fingerprint density at radius 3 is 2.47 bits per heavy atom. The minimum atomic E-state index is 0.114. The largest absolute Gasteiger partial charge is 0.495 e. The average Bonchev–Trinajstić information content (AvgIpc) is 3.24. The Kier molecular flexibility index (Phi) is 5.94. The third-order valence-electron chi connectivity index (χ3n) is 5.35. The second kappa shape index (κ2) is 8.79. The molecule has 0 atom stereocenters. The first-order valence-corrected chi connectivity index (χ1v) is 10.7. The number of benzene rings is 2. The smallest absolute Gasteiger partial charge is 0.242 e. The first-order chi connectivity index (χ1) is 14.6. The molecule has 30 heavy (non-hydrogen) atoms. The van der Waals surface area contributed by atoms with E-state index < -0.39 is 0 Å². The van der Waals surface area contributed by atoms with Gasteiger partial charge in [-0.2, -0.15) is 0 Å². The van der Waals surface area contributed by atoms with Crippen molar-refractivity contribution in [2.24, 2.45) is 0 Å². The zero-order valence-electron chi connectivity index (χ0n) is 17.5. The number of thiazole rings is 1. The van der Waals surface area contributed by atoms with E-state index in [0.717, 1.165) is 45.6 Å². The molecule has 0 aliphatic carbocycles. The number of carbonyl (C=O) groups is 1. The van der Waals surface area contributed by atoms with Crippen molar-refractivity contribution in [3.05, 3.63) is 42.5 Å². The van der Waals surface area contributed by atoms with Crippen LogP contribution in [0.4, 0.5) is 10.8 Å². The van der Waals surface area contributed by atoms with Gasteiger partial charge in [0.1, 0.15) is 17.0 Å². The lowest BCUT2D eigenvalue weighted by Crippen LogP contribution is -2.51. The quantitative estimate of drug-likeness (QED) is 0.604. The molecule has 1 aliphatic rings. The van der Waals surface area contributed by atoms with Gasteiger partial charge in [0.05, 0.1) is 31.2 Å². The van der Waals surface area contributed by atoms with Crippen molar-refractivity contribution in [3.63, 3.8) is 0 Å². The minimum Gasteiger partial charge on any atom is -0.495 e. The number of para-hydroxylation sites is 3. The molecule has 1 saturated heterocycles. The fourth-order valence-corrected chi connectivity index (χ4v) is 4.64. The molecule has 0 saturated carbocycles. The third-order valence-corrected chi connectivity index (χ3v) is 6.48. The summed E-state index contributed by atoms with van der Waals surface area (Å²) in [6, 6.07) is 13.9. The highest BCUT2D eigenvalue weighted by atomic mass is 32.1. The minimum absolute atomic E-state index is 0.114. The number of anilines is 2. The number of methoxy groups -OCH3 is 2. The summed E-state index contributed by atoms with van der Waals surface area (Å²) in [6.45, 7) is 3.26. The fourth-order valence-electron chi connectivity index (χ4n) is 3.70. The van der Waals surface area contributed by atoms with Crippen molar-refractivity contribution in [1.82, 2.24) is 9.88 Å². The van der Waals surface area contributed by atoms with E-state index in [-0.39, 0.29) is 5.91 Å².